The van der Waals surface area contributed by atoms with Gasteiger partial charge in [0, 0.05) is 23.8 Å². The van der Waals surface area contributed by atoms with E-state index in [1.165, 1.54) is 6.20 Å². The van der Waals surface area contributed by atoms with Gasteiger partial charge in [0.05, 0.1) is 6.20 Å². The number of fused-ring (bicyclic) bond motifs is 5. The molecule has 13 heavy (non-hydrogen) atoms. The number of nitrogens with one attached hydrogen (secondary N) is 1. The summed E-state index contributed by atoms with van der Waals surface area (Å²) in [6.07, 6.45) is 5.29. The highest BCUT2D eigenvalue weighted by atomic mass is 35.5. The molecule has 0 saturated carbocycles. The van der Waals surface area contributed by atoms with Crippen LogP contribution in [0.1, 0.15) is 36.1 Å². The van der Waals surface area contributed by atoms with Gasteiger partial charge in [-0.1, -0.05) is 0 Å². The maximum absolute atomic E-state index is 13.2. The molecular formula is C9H10ClFN2. The molecule has 3 rings (SSSR count). The van der Waals surface area contributed by atoms with Gasteiger partial charge in [0.25, 0.3) is 0 Å². The predicted octanol–water partition coefficient (Wildman–Crippen LogP) is 2.12. The van der Waals surface area contributed by atoms with Crippen LogP contribution < -0.4 is 5.32 Å². The van der Waals surface area contributed by atoms with Crippen molar-refractivity contribution in [1.29, 1.82) is 0 Å². The first-order valence-electron chi connectivity index (χ1n) is 4.25. The van der Waals surface area contributed by atoms with E-state index in [2.05, 4.69) is 10.3 Å². The lowest BCUT2D eigenvalue weighted by Gasteiger charge is -2.11. The third kappa shape index (κ3) is 1.07. The van der Waals surface area contributed by atoms with Crippen molar-refractivity contribution in [3.63, 3.8) is 0 Å². The molecule has 0 aliphatic carbocycles. The number of halogens is 2. The van der Waals surface area contributed by atoms with E-state index in [0.29, 0.717) is 6.04 Å². The monoisotopic (exact) mass is 200 g/mol. The van der Waals surface area contributed by atoms with E-state index >= 15 is 0 Å². The van der Waals surface area contributed by atoms with Gasteiger partial charge in [-0.2, -0.15) is 0 Å². The lowest BCUT2D eigenvalue weighted by atomic mass is 9.93. The van der Waals surface area contributed by atoms with E-state index in [9.17, 15) is 4.39 Å². The molecule has 0 aromatic carbocycles. The minimum Gasteiger partial charge on any atom is -0.303 e. The first-order valence-corrected chi connectivity index (χ1v) is 4.25. The van der Waals surface area contributed by atoms with Gasteiger partial charge in [0.1, 0.15) is 5.82 Å². The Morgan fingerprint density at radius 2 is 2.08 bits per heavy atom. The molecule has 2 atom stereocenters. The van der Waals surface area contributed by atoms with Crippen LogP contribution in [0.4, 0.5) is 4.39 Å². The molecule has 0 radical (unpaired) electrons. The molecule has 2 aliphatic rings. The van der Waals surface area contributed by atoms with Gasteiger partial charge in [-0.3, -0.25) is 4.98 Å². The standard InChI is InChI=1S/C9H9FN2.ClH/c10-6-4-11-3-5-7-1-2-8(12-7)9(5)6;/h3-4,7-8,12H,1-2H2;1H. The Hall–Kier alpha value is -0.670. The van der Waals surface area contributed by atoms with E-state index in [-0.39, 0.29) is 24.3 Å². The maximum Gasteiger partial charge on any atom is 0.146 e. The molecule has 2 nitrogen and oxygen atoms in total. The Kier molecular flexibility index (Phi) is 2.00. The van der Waals surface area contributed by atoms with Crippen LogP contribution in [-0.4, -0.2) is 4.98 Å². The van der Waals surface area contributed by atoms with Crippen molar-refractivity contribution < 1.29 is 4.39 Å². The van der Waals surface area contributed by atoms with Gasteiger partial charge in [0.15, 0.2) is 0 Å². The Morgan fingerprint density at radius 1 is 1.31 bits per heavy atom. The fourth-order valence-corrected chi connectivity index (χ4v) is 2.32. The minimum absolute atomic E-state index is 0. The number of rotatable bonds is 0. The summed E-state index contributed by atoms with van der Waals surface area (Å²) in [5, 5.41) is 3.35. The van der Waals surface area contributed by atoms with E-state index in [4.69, 9.17) is 0 Å². The van der Waals surface area contributed by atoms with Crippen molar-refractivity contribution in [2.45, 2.75) is 24.9 Å². The Balaban J connectivity index is 0.000000653. The molecule has 0 amide bonds. The summed E-state index contributed by atoms with van der Waals surface area (Å²) >= 11 is 0. The average molecular weight is 201 g/mol. The van der Waals surface area contributed by atoms with Crippen molar-refractivity contribution in [3.05, 3.63) is 29.3 Å². The van der Waals surface area contributed by atoms with Crippen molar-refractivity contribution in [1.82, 2.24) is 10.3 Å². The molecule has 1 aromatic heterocycles. The number of hydrogen-bond acceptors (Lipinski definition) is 2. The predicted molar refractivity (Wildman–Crippen MR) is 49.3 cm³/mol. The van der Waals surface area contributed by atoms with Gasteiger partial charge < -0.3 is 5.32 Å². The second-order valence-electron chi connectivity index (χ2n) is 3.47. The molecule has 1 saturated heterocycles. The highest BCUT2D eigenvalue weighted by Gasteiger charge is 2.38. The first-order chi connectivity index (χ1) is 5.86. The summed E-state index contributed by atoms with van der Waals surface area (Å²) in [6, 6.07) is 0.626. The molecule has 2 unspecified atom stereocenters. The molecule has 1 fully saturated rings. The fraction of sp³-hybridized carbons (Fsp3) is 0.444. The van der Waals surface area contributed by atoms with Crippen LogP contribution in [-0.2, 0) is 0 Å². The van der Waals surface area contributed by atoms with Crippen LogP contribution in [0.25, 0.3) is 0 Å². The molecular weight excluding hydrogens is 191 g/mol. The number of nitrogens with zero attached hydrogens (tertiary/aromatic N) is 1. The van der Waals surface area contributed by atoms with Gasteiger partial charge in [0.2, 0.25) is 0 Å². The third-order valence-corrected chi connectivity index (χ3v) is 2.84. The second-order valence-corrected chi connectivity index (χ2v) is 3.47. The SMILES string of the molecule is Cl.Fc1cncc2c1C1CCC2N1. The molecule has 1 aromatic rings. The van der Waals surface area contributed by atoms with Crippen molar-refractivity contribution >= 4 is 12.4 Å². The number of aromatic nitrogens is 1. The van der Waals surface area contributed by atoms with Crippen molar-refractivity contribution in [2.75, 3.05) is 0 Å². The van der Waals surface area contributed by atoms with E-state index in [1.54, 1.807) is 6.20 Å². The Labute approximate surface area is 82.0 Å². The normalized spacial score (nSPS) is 28.4. The molecule has 0 spiro atoms. The van der Waals surface area contributed by atoms with Gasteiger partial charge in [-0.25, -0.2) is 4.39 Å². The van der Waals surface area contributed by atoms with Crippen LogP contribution in [0.15, 0.2) is 12.4 Å². The van der Waals surface area contributed by atoms with E-state index in [1.807, 2.05) is 0 Å². The lowest BCUT2D eigenvalue weighted by Crippen LogP contribution is -2.06. The summed E-state index contributed by atoms with van der Waals surface area (Å²) in [7, 11) is 0. The van der Waals surface area contributed by atoms with E-state index in [0.717, 1.165) is 24.0 Å². The highest BCUT2D eigenvalue weighted by molar-refractivity contribution is 5.85. The smallest absolute Gasteiger partial charge is 0.146 e. The maximum atomic E-state index is 13.2. The Bertz CT molecular complexity index is 342. The number of hydrogen-bond donors (Lipinski definition) is 1. The summed E-state index contributed by atoms with van der Waals surface area (Å²) in [6.45, 7) is 0. The topological polar surface area (TPSA) is 24.9 Å². The van der Waals surface area contributed by atoms with Crippen LogP contribution in [0.5, 0.6) is 0 Å². The lowest BCUT2D eigenvalue weighted by molar-refractivity contribution is 0.566. The number of pyridine rings is 1. The zero-order valence-corrected chi connectivity index (χ0v) is 7.77. The van der Waals surface area contributed by atoms with Crippen LogP contribution in [0, 0.1) is 5.82 Å². The quantitative estimate of drug-likeness (QED) is 0.694. The molecule has 70 valence electrons. The third-order valence-electron chi connectivity index (χ3n) is 2.84. The van der Waals surface area contributed by atoms with E-state index < -0.39 is 0 Å². The van der Waals surface area contributed by atoms with Crippen LogP contribution in [0.3, 0.4) is 0 Å². The van der Waals surface area contributed by atoms with Crippen molar-refractivity contribution in [2.24, 2.45) is 0 Å². The molecule has 2 aliphatic heterocycles. The molecule has 1 N–H and O–H groups in total. The van der Waals surface area contributed by atoms with Crippen molar-refractivity contribution in [3.8, 4) is 0 Å². The molecule has 2 bridgehead atoms. The summed E-state index contributed by atoms with van der Waals surface area (Å²) in [4.78, 5) is 3.86. The minimum atomic E-state index is -0.146. The fourth-order valence-electron chi connectivity index (χ4n) is 2.32. The summed E-state index contributed by atoms with van der Waals surface area (Å²) < 4.78 is 13.2. The zero-order valence-electron chi connectivity index (χ0n) is 6.96. The van der Waals surface area contributed by atoms with Gasteiger partial charge in [-0.15, -0.1) is 12.4 Å². The molecule has 3 heterocycles. The molecule has 4 heteroatoms. The first kappa shape index (κ1) is 8.91. The average Bonchev–Trinajstić information content (AvgIpc) is 2.64. The summed E-state index contributed by atoms with van der Waals surface area (Å²) in [5.41, 5.74) is 1.94. The Morgan fingerprint density at radius 3 is 2.85 bits per heavy atom. The second kappa shape index (κ2) is 2.93. The summed E-state index contributed by atoms with van der Waals surface area (Å²) in [5.74, 6) is -0.146. The van der Waals surface area contributed by atoms with Crippen LogP contribution >= 0.6 is 12.4 Å². The highest BCUT2D eigenvalue weighted by Crippen LogP contribution is 2.45. The van der Waals surface area contributed by atoms with Crippen LogP contribution in [0.2, 0.25) is 0 Å². The zero-order chi connectivity index (χ0) is 8.13. The van der Waals surface area contributed by atoms with Gasteiger partial charge >= 0.3 is 0 Å². The largest absolute Gasteiger partial charge is 0.303 e. The van der Waals surface area contributed by atoms with Gasteiger partial charge in [-0.05, 0) is 18.4 Å².